The maximum absolute atomic E-state index is 10.6. The van der Waals surface area contributed by atoms with Crippen LogP contribution in [0.15, 0.2) is 0 Å². The fraction of sp³-hybridized carbons (Fsp3) is 0.800. The van der Waals surface area contributed by atoms with E-state index in [9.17, 15) is 13.2 Å². The molecule has 1 aliphatic rings. The zero-order chi connectivity index (χ0) is 9.78. The molecule has 2 N–H and O–H groups in total. The van der Waals surface area contributed by atoms with Crippen LogP contribution in [0.3, 0.4) is 0 Å². The fourth-order valence-electron chi connectivity index (χ4n) is 0.253. The second-order valence-corrected chi connectivity index (χ2v) is 3.82. The van der Waals surface area contributed by atoms with Crippen LogP contribution in [0, 0.1) is 0 Å². The number of carboxylic acid groups (broad SMARTS) is 1. The van der Waals surface area contributed by atoms with Crippen molar-refractivity contribution in [1.82, 2.24) is 5.32 Å². The Morgan fingerprint density at radius 3 is 1.75 bits per heavy atom. The van der Waals surface area contributed by atoms with Gasteiger partial charge in [0, 0.05) is 17.0 Å². The summed E-state index contributed by atoms with van der Waals surface area (Å²) in [4.78, 5) is 8.90. The second kappa shape index (κ2) is 4.85. The molecule has 72 valence electrons. The van der Waals surface area contributed by atoms with Crippen molar-refractivity contribution < 1.29 is 23.1 Å². The summed E-state index contributed by atoms with van der Waals surface area (Å²) in [6.45, 7) is 2.45. The van der Waals surface area contributed by atoms with Crippen molar-refractivity contribution in [2.45, 2.75) is 10.1 Å². The summed E-state index contributed by atoms with van der Waals surface area (Å²) >= 11 is 2.43. The van der Waals surface area contributed by atoms with Crippen molar-refractivity contribution in [3.8, 4) is 0 Å². The molecule has 7 heteroatoms. The third kappa shape index (κ3) is 5.58. The summed E-state index contributed by atoms with van der Waals surface area (Å²) in [5, 5.41) is 10.3. The lowest BCUT2D eigenvalue weighted by molar-refractivity contribution is -0.192. The van der Waals surface area contributed by atoms with Gasteiger partial charge in [0.25, 0.3) is 0 Å². The first kappa shape index (κ1) is 11.9. The van der Waals surface area contributed by atoms with E-state index in [-0.39, 0.29) is 0 Å². The number of carboxylic acids is 1. The molecule has 3 nitrogen and oxygen atoms in total. The number of nitrogens with one attached hydrogen (secondary N) is 1. The molecule has 0 amide bonds. The normalized spacial score (nSPS) is 17.3. The van der Waals surface area contributed by atoms with Crippen LogP contribution in [0.1, 0.15) is 0 Å². The lowest BCUT2D eigenvalue weighted by atomic mass is 10.3. The molecule has 0 aromatic heterocycles. The maximum atomic E-state index is 10.6. The molecule has 1 fully saturated rings. The topological polar surface area (TPSA) is 49.3 Å². The van der Waals surface area contributed by atoms with Crippen molar-refractivity contribution in [2.75, 3.05) is 13.1 Å². The van der Waals surface area contributed by atoms with Crippen molar-refractivity contribution in [2.24, 2.45) is 0 Å². The highest BCUT2D eigenvalue weighted by Crippen LogP contribution is 2.13. The molecular formula is C5H7F3INO2. The molecule has 0 atom stereocenters. The molecule has 0 aromatic rings. The molecule has 0 aliphatic carbocycles. The van der Waals surface area contributed by atoms with Crippen LogP contribution in [-0.2, 0) is 4.79 Å². The Hall–Kier alpha value is -0.0500. The van der Waals surface area contributed by atoms with Gasteiger partial charge in [-0.25, -0.2) is 4.79 Å². The van der Waals surface area contributed by atoms with Crippen molar-refractivity contribution in [3.05, 3.63) is 0 Å². The zero-order valence-electron chi connectivity index (χ0n) is 5.86. The smallest absolute Gasteiger partial charge is 0.475 e. The monoisotopic (exact) mass is 297 g/mol. The summed E-state index contributed by atoms with van der Waals surface area (Å²) < 4.78 is 32.7. The standard InChI is InChI=1S/C3H6IN.C2HF3O2/c4-3-1-5-2-3;3-2(4,5)1(6)7/h3,5H,1-2H2;(H,6,7). The number of aliphatic carboxylic acids is 1. The van der Waals surface area contributed by atoms with Crippen LogP contribution in [0.5, 0.6) is 0 Å². The van der Waals surface area contributed by atoms with Crippen molar-refractivity contribution in [1.29, 1.82) is 0 Å². The molecule has 1 aliphatic heterocycles. The first-order valence-corrected chi connectivity index (χ1v) is 4.23. The maximum Gasteiger partial charge on any atom is 0.490 e. The third-order valence-corrected chi connectivity index (χ3v) is 1.85. The predicted octanol–water partition coefficient (Wildman–Crippen LogP) is 1.03. The minimum absolute atomic E-state index is 0.924. The number of hydrogen-bond donors (Lipinski definition) is 2. The predicted molar refractivity (Wildman–Crippen MR) is 44.4 cm³/mol. The Labute approximate surface area is 80.5 Å². The Morgan fingerprint density at radius 2 is 1.75 bits per heavy atom. The first-order valence-electron chi connectivity index (χ1n) is 2.99. The second-order valence-electron chi connectivity index (χ2n) is 2.06. The molecule has 0 radical (unpaired) electrons. The Bertz CT molecular complexity index is 157. The van der Waals surface area contributed by atoms with Crippen molar-refractivity contribution >= 4 is 28.6 Å². The van der Waals surface area contributed by atoms with Crippen LogP contribution >= 0.6 is 22.6 Å². The summed E-state index contributed by atoms with van der Waals surface area (Å²) in [7, 11) is 0. The number of alkyl halides is 4. The van der Waals surface area contributed by atoms with E-state index in [0.29, 0.717) is 0 Å². The number of rotatable bonds is 0. The highest BCUT2D eigenvalue weighted by atomic mass is 127. The van der Waals surface area contributed by atoms with E-state index in [1.807, 2.05) is 0 Å². The highest BCUT2D eigenvalue weighted by molar-refractivity contribution is 14.1. The van der Waals surface area contributed by atoms with Crippen LogP contribution in [0.25, 0.3) is 0 Å². The van der Waals surface area contributed by atoms with Crippen LogP contribution in [0.4, 0.5) is 13.2 Å². The van der Waals surface area contributed by atoms with E-state index >= 15 is 0 Å². The molecule has 0 aromatic carbocycles. The fourth-order valence-corrected chi connectivity index (χ4v) is 0.876. The van der Waals surface area contributed by atoms with E-state index in [1.165, 1.54) is 13.1 Å². The van der Waals surface area contributed by atoms with Gasteiger partial charge in [-0.1, -0.05) is 22.6 Å². The summed E-state index contributed by atoms with van der Waals surface area (Å²) in [5.74, 6) is -2.76. The van der Waals surface area contributed by atoms with Gasteiger partial charge in [-0.3, -0.25) is 0 Å². The number of carbonyl (C=O) groups is 1. The molecule has 0 saturated carbocycles. The lowest BCUT2D eigenvalue weighted by Gasteiger charge is -2.19. The molecule has 0 unspecified atom stereocenters. The van der Waals surface area contributed by atoms with E-state index in [0.717, 1.165) is 3.92 Å². The Balaban J connectivity index is 0.000000211. The van der Waals surface area contributed by atoms with Gasteiger partial charge in [0.1, 0.15) is 0 Å². The minimum Gasteiger partial charge on any atom is -0.475 e. The van der Waals surface area contributed by atoms with Gasteiger partial charge < -0.3 is 10.4 Å². The average molecular weight is 297 g/mol. The van der Waals surface area contributed by atoms with Gasteiger partial charge in [-0.15, -0.1) is 0 Å². The van der Waals surface area contributed by atoms with Crippen LogP contribution in [-0.4, -0.2) is 34.3 Å². The van der Waals surface area contributed by atoms with Gasteiger partial charge in [0.05, 0.1) is 0 Å². The molecule has 1 rings (SSSR count). The molecule has 1 heterocycles. The minimum atomic E-state index is -5.08. The van der Waals surface area contributed by atoms with Gasteiger partial charge >= 0.3 is 12.1 Å². The first-order chi connectivity index (χ1) is 5.34. The van der Waals surface area contributed by atoms with E-state index in [2.05, 4.69) is 27.9 Å². The highest BCUT2D eigenvalue weighted by Gasteiger charge is 2.38. The third-order valence-electron chi connectivity index (χ3n) is 0.974. The number of halogens is 4. The summed E-state index contributed by atoms with van der Waals surface area (Å²) in [5.41, 5.74) is 0. The average Bonchev–Trinajstić information content (AvgIpc) is 1.83. The largest absolute Gasteiger partial charge is 0.490 e. The Kier molecular flexibility index (Phi) is 4.83. The van der Waals surface area contributed by atoms with Gasteiger partial charge in [0.15, 0.2) is 0 Å². The number of hydrogen-bond acceptors (Lipinski definition) is 2. The Morgan fingerprint density at radius 1 is 1.50 bits per heavy atom. The van der Waals surface area contributed by atoms with Gasteiger partial charge in [0.2, 0.25) is 0 Å². The molecule has 1 saturated heterocycles. The van der Waals surface area contributed by atoms with Gasteiger partial charge in [-0.05, 0) is 0 Å². The lowest BCUT2D eigenvalue weighted by Crippen LogP contribution is -2.42. The van der Waals surface area contributed by atoms with Crippen molar-refractivity contribution in [3.63, 3.8) is 0 Å². The molecule has 12 heavy (non-hydrogen) atoms. The molecule has 0 spiro atoms. The van der Waals surface area contributed by atoms with E-state index < -0.39 is 12.1 Å². The molecule has 0 bridgehead atoms. The molecular weight excluding hydrogens is 290 g/mol. The summed E-state index contributed by atoms with van der Waals surface area (Å²) in [6, 6.07) is 0. The van der Waals surface area contributed by atoms with Gasteiger partial charge in [-0.2, -0.15) is 13.2 Å². The van der Waals surface area contributed by atoms with E-state index in [4.69, 9.17) is 9.90 Å². The quantitative estimate of drug-likeness (QED) is 0.518. The van der Waals surface area contributed by atoms with E-state index in [1.54, 1.807) is 0 Å². The summed E-state index contributed by atoms with van der Waals surface area (Å²) in [6.07, 6.45) is -5.08. The zero-order valence-corrected chi connectivity index (χ0v) is 8.02. The van der Waals surface area contributed by atoms with Crippen LogP contribution < -0.4 is 5.32 Å². The van der Waals surface area contributed by atoms with Crippen LogP contribution in [0.2, 0.25) is 0 Å². The SMILES string of the molecule is IC1CNC1.O=C(O)C(F)(F)F.